The number of hydrogen-bond donors (Lipinski definition) is 2. The minimum absolute atomic E-state index is 0.0737. The van der Waals surface area contributed by atoms with E-state index in [0.29, 0.717) is 19.6 Å². The standard InChI is InChI=1S/C26H40N8O/c1-4-14-33(15-5-2)17-7-6-16-32(3)26(35)23-10-8-22(9-11-23)18-34(19-24-27-12-13-28-24)20-25-29-21-30-31-25/h8-13,21H,4-7,14-20H2,1-3H3,(H,27,28)(H,29,30,31). The number of unbranched alkanes of at least 4 members (excludes halogenated alkanes) is 1. The Hall–Kier alpha value is -3.04. The first-order chi connectivity index (χ1) is 17.1. The molecule has 0 radical (unpaired) electrons. The van der Waals surface area contributed by atoms with Crippen molar-refractivity contribution < 1.29 is 4.79 Å². The van der Waals surface area contributed by atoms with Gasteiger partial charge in [-0.15, -0.1) is 0 Å². The normalized spacial score (nSPS) is 11.5. The molecule has 35 heavy (non-hydrogen) atoms. The Morgan fingerprint density at radius 3 is 2.20 bits per heavy atom. The number of carbonyl (C=O) groups is 1. The fourth-order valence-electron chi connectivity index (χ4n) is 4.27. The van der Waals surface area contributed by atoms with Crippen molar-refractivity contribution in [1.29, 1.82) is 0 Å². The molecule has 2 heterocycles. The van der Waals surface area contributed by atoms with Crippen LogP contribution in [0.2, 0.25) is 0 Å². The molecule has 2 aromatic heterocycles. The SMILES string of the molecule is CCCN(CCC)CCCCN(C)C(=O)c1ccc(CN(Cc2ncc[nH]2)Cc2ncn[nH]2)cc1. The molecule has 0 aliphatic heterocycles. The van der Waals surface area contributed by atoms with Gasteiger partial charge in [0.1, 0.15) is 18.0 Å². The zero-order valence-corrected chi connectivity index (χ0v) is 21.4. The van der Waals surface area contributed by atoms with Gasteiger partial charge in [0.15, 0.2) is 0 Å². The molecule has 0 atom stereocenters. The van der Waals surface area contributed by atoms with Crippen LogP contribution in [0.3, 0.4) is 0 Å². The molecule has 9 heteroatoms. The maximum Gasteiger partial charge on any atom is 0.253 e. The average molecular weight is 481 g/mol. The highest BCUT2D eigenvalue weighted by Gasteiger charge is 2.14. The van der Waals surface area contributed by atoms with E-state index < -0.39 is 0 Å². The van der Waals surface area contributed by atoms with Gasteiger partial charge in [-0.05, 0) is 63.0 Å². The van der Waals surface area contributed by atoms with Crippen LogP contribution in [0.15, 0.2) is 43.0 Å². The van der Waals surface area contributed by atoms with Gasteiger partial charge in [-0.1, -0.05) is 26.0 Å². The second-order valence-electron chi connectivity index (χ2n) is 9.09. The molecular formula is C26H40N8O. The van der Waals surface area contributed by atoms with Crippen LogP contribution in [0.4, 0.5) is 0 Å². The molecule has 0 saturated heterocycles. The number of amides is 1. The van der Waals surface area contributed by atoms with Crippen LogP contribution in [0, 0.1) is 0 Å². The van der Waals surface area contributed by atoms with Gasteiger partial charge in [0.25, 0.3) is 5.91 Å². The van der Waals surface area contributed by atoms with E-state index in [2.05, 4.69) is 48.8 Å². The number of nitrogens with one attached hydrogen (secondary N) is 2. The molecule has 190 valence electrons. The summed E-state index contributed by atoms with van der Waals surface area (Å²) in [5, 5.41) is 6.87. The zero-order chi connectivity index (χ0) is 24.9. The molecule has 9 nitrogen and oxygen atoms in total. The quantitative estimate of drug-likeness (QED) is 0.304. The van der Waals surface area contributed by atoms with Crippen molar-refractivity contribution in [2.45, 2.75) is 59.2 Å². The predicted octanol–water partition coefficient (Wildman–Crippen LogP) is 3.70. The second kappa shape index (κ2) is 14.4. The van der Waals surface area contributed by atoms with E-state index in [9.17, 15) is 4.79 Å². The van der Waals surface area contributed by atoms with E-state index in [4.69, 9.17) is 0 Å². The van der Waals surface area contributed by atoms with Crippen LogP contribution in [0.5, 0.6) is 0 Å². The van der Waals surface area contributed by atoms with Crippen LogP contribution in [-0.4, -0.2) is 79.0 Å². The number of carbonyl (C=O) groups excluding carboxylic acids is 1. The van der Waals surface area contributed by atoms with Gasteiger partial charge in [0.2, 0.25) is 0 Å². The molecule has 0 spiro atoms. The highest BCUT2D eigenvalue weighted by Crippen LogP contribution is 2.13. The highest BCUT2D eigenvalue weighted by atomic mass is 16.2. The topological polar surface area (TPSA) is 97.0 Å². The van der Waals surface area contributed by atoms with Crippen molar-refractivity contribution in [3.63, 3.8) is 0 Å². The van der Waals surface area contributed by atoms with Gasteiger partial charge < -0.3 is 14.8 Å². The Kier molecular flexibility index (Phi) is 10.9. The van der Waals surface area contributed by atoms with Crippen LogP contribution in [0.1, 0.15) is 67.1 Å². The lowest BCUT2D eigenvalue weighted by Crippen LogP contribution is -2.30. The highest BCUT2D eigenvalue weighted by molar-refractivity contribution is 5.94. The molecule has 0 aliphatic carbocycles. The summed E-state index contributed by atoms with van der Waals surface area (Å²) in [6.45, 7) is 10.7. The maximum absolute atomic E-state index is 12.9. The van der Waals surface area contributed by atoms with E-state index in [-0.39, 0.29) is 5.91 Å². The van der Waals surface area contributed by atoms with Crippen LogP contribution >= 0.6 is 0 Å². The Balaban J connectivity index is 1.50. The number of H-pyrrole nitrogens is 2. The van der Waals surface area contributed by atoms with Gasteiger partial charge in [0.05, 0.1) is 13.1 Å². The van der Waals surface area contributed by atoms with E-state index >= 15 is 0 Å². The number of hydrogen-bond acceptors (Lipinski definition) is 6. The van der Waals surface area contributed by atoms with Crippen molar-refractivity contribution >= 4 is 5.91 Å². The summed E-state index contributed by atoms with van der Waals surface area (Å²) in [5.41, 5.74) is 1.85. The summed E-state index contributed by atoms with van der Waals surface area (Å²) in [6.07, 6.45) is 9.62. The lowest BCUT2D eigenvalue weighted by molar-refractivity contribution is 0.0791. The number of rotatable bonds is 16. The van der Waals surface area contributed by atoms with Crippen molar-refractivity contribution in [1.82, 2.24) is 39.8 Å². The molecule has 2 N–H and O–H groups in total. The smallest absolute Gasteiger partial charge is 0.253 e. The van der Waals surface area contributed by atoms with Gasteiger partial charge in [-0.2, -0.15) is 5.10 Å². The van der Waals surface area contributed by atoms with Crippen molar-refractivity contribution in [2.24, 2.45) is 0 Å². The summed E-state index contributed by atoms with van der Waals surface area (Å²) >= 11 is 0. The monoisotopic (exact) mass is 480 g/mol. The van der Waals surface area contributed by atoms with Gasteiger partial charge in [-0.3, -0.25) is 14.8 Å². The number of aromatic amines is 2. The molecule has 3 aromatic rings. The van der Waals surface area contributed by atoms with Crippen LogP contribution in [-0.2, 0) is 19.6 Å². The lowest BCUT2D eigenvalue weighted by atomic mass is 10.1. The first-order valence-corrected chi connectivity index (χ1v) is 12.7. The summed E-state index contributed by atoms with van der Waals surface area (Å²) < 4.78 is 0. The van der Waals surface area contributed by atoms with Crippen LogP contribution in [0.25, 0.3) is 0 Å². The molecular weight excluding hydrogens is 440 g/mol. The number of aromatic nitrogens is 5. The van der Waals surface area contributed by atoms with Crippen molar-refractivity contribution in [3.05, 3.63) is 65.8 Å². The average Bonchev–Trinajstić information content (AvgIpc) is 3.56. The molecule has 0 bridgehead atoms. The molecule has 0 aliphatic rings. The van der Waals surface area contributed by atoms with E-state index in [1.165, 1.54) is 19.2 Å². The first-order valence-electron chi connectivity index (χ1n) is 12.7. The fourth-order valence-corrected chi connectivity index (χ4v) is 4.27. The number of nitrogens with zero attached hydrogens (tertiary/aromatic N) is 6. The Morgan fingerprint density at radius 2 is 1.57 bits per heavy atom. The Labute approximate surface area is 209 Å². The third-order valence-corrected chi connectivity index (χ3v) is 6.02. The summed E-state index contributed by atoms with van der Waals surface area (Å²) in [7, 11) is 1.90. The first kappa shape index (κ1) is 26.6. The molecule has 0 fully saturated rings. The second-order valence-corrected chi connectivity index (χ2v) is 9.09. The summed E-state index contributed by atoms with van der Waals surface area (Å²) in [4.78, 5) is 31.3. The fraction of sp³-hybridized carbons (Fsp3) is 0.538. The van der Waals surface area contributed by atoms with E-state index in [0.717, 1.165) is 61.8 Å². The summed E-state index contributed by atoms with van der Waals surface area (Å²) in [6, 6.07) is 7.92. The van der Waals surface area contributed by atoms with Crippen molar-refractivity contribution in [2.75, 3.05) is 33.2 Å². The zero-order valence-electron chi connectivity index (χ0n) is 21.4. The molecule has 1 amide bonds. The minimum Gasteiger partial charge on any atom is -0.348 e. The minimum atomic E-state index is 0.0737. The van der Waals surface area contributed by atoms with Gasteiger partial charge in [-0.25, -0.2) is 9.97 Å². The lowest BCUT2D eigenvalue weighted by Gasteiger charge is -2.22. The van der Waals surface area contributed by atoms with Gasteiger partial charge in [0, 0.05) is 38.1 Å². The Bertz CT molecular complexity index is 914. The van der Waals surface area contributed by atoms with E-state index in [1.807, 2.05) is 42.4 Å². The van der Waals surface area contributed by atoms with Gasteiger partial charge >= 0.3 is 0 Å². The van der Waals surface area contributed by atoms with Crippen molar-refractivity contribution in [3.8, 4) is 0 Å². The number of imidazole rings is 1. The third kappa shape index (κ3) is 8.92. The molecule has 0 unspecified atom stereocenters. The third-order valence-electron chi connectivity index (χ3n) is 6.02. The molecule has 1 aromatic carbocycles. The predicted molar refractivity (Wildman–Crippen MR) is 138 cm³/mol. The Morgan fingerprint density at radius 1 is 0.857 bits per heavy atom. The van der Waals surface area contributed by atoms with E-state index in [1.54, 1.807) is 6.20 Å². The van der Waals surface area contributed by atoms with Crippen LogP contribution < -0.4 is 0 Å². The maximum atomic E-state index is 12.9. The molecule has 0 saturated carbocycles. The molecule has 3 rings (SSSR count). The summed E-state index contributed by atoms with van der Waals surface area (Å²) in [5.74, 6) is 1.77. The largest absolute Gasteiger partial charge is 0.348 e. The number of benzene rings is 1.